The van der Waals surface area contributed by atoms with Gasteiger partial charge in [0.2, 0.25) is 5.78 Å². The molecule has 10 atom stereocenters. The Balaban J connectivity index is 1.45. The maximum absolute atomic E-state index is 13.2. The van der Waals surface area contributed by atoms with Crippen LogP contribution >= 0.6 is 0 Å². The minimum absolute atomic E-state index is 0.0363. The van der Waals surface area contributed by atoms with E-state index in [4.69, 9.17) is 14.2 Å². The number of Topliss-reactive ketones (excluding diaryl/α,β-unsaturated/α-hetero) is 1. The lowest BCUT2D eigenvalue weighted by Crippen LogP contribution is -2.68. The van der Waals surface area contributed by atoms with E-state index in [2.05, 4.69) is 13.0 Å². The third-order valence-corrected chi connectivity index (χ3v) is 10.0. The van der Waals surface area contributed by atoms with Gasteiger partial charge >= 0.3 is 5.97 Å². The van der Waals surface area contributed by atoms with Crippen molar-refractivity contribution >= 4 is 11.8 Å². The second-order valence-corrected chi connectivity index (χ2v) is 11.2. The number of methoxy groups -OCH3 is 1. The first-order valence-corrected chi connectivity index (χ1v) is 12.1. The Kier molecular flexibility index (Phi) is 5.18. The van der Waals surface area contributed by atoms with Gasteiger partial charge in [0.25, 0.3) is 0 Å². The molecule has 1 aliphatic heterocycles. The molecule has 3 saturated carbocycles. The average Bonchev–Trinajstić information content (AvgIpc) is 2.98. The lowest BCUT2D eigenvalue weighted by atomic mass is 9.46. The number of fused-ring (bicyclic) bond motifs is 7. The molecule has 4 unspecified atom stereocenters. The van der Waals surface area contributed by atoms with Crippen molar-refractivity contribution in [1.29, 1.82) is 0 Å². The summed E-state index contributed by atoms with van der Waals surface area (Å²) in [5.74, 6) is 0.162. The third-order valence-electron chi connectivity index (χ3n) is 10.0. The van der Waals surface area contributed by atoms with Crippen molar-refractivity contribution in [3.63, 3.8) is 0 Å². The molecular weight excluding hydrogens is 412 g/mol. The van der Waals surface area contributed by atoms with E-state index in [1.807, 2.05) is 6.92 Å². The highest BCUT2D eigenvalue weighted by atomic mass is 16.7. The first-order valence-electron chi connectivity index (χ1n) is 12.1. The van der Waals surface area contributed by atoms with E-state index in [1.165, 1.54) is 19.6 Å². The Morgan fingerprint density at radius 3 is 2.66 bits per heavy atom. The molecule has 0 spiro atoms. The third kappa shape index (κ3) is 2.80. The molecule has 1 saturated heterocycles. The molecule has 1 heterocycles. The van der Waals surface area contributed by atoms with Crippen LogP contribution in [0.4, 0.5) is 0 Å². The minimum atomic E-state index is -1.69. The summed E-state index contributed by atoms with van der Waals surface area (Å²) in [5, 5.41) is 22.2. The van der Waals surface area contributed by atoms with Crippen LogP contribution in [0, 0.1) is 28.6 Å². The van der Waals surface area contributed by atoms with Gasteiger partial charge in [-0.05, 0) is 61.7 Å². The Labute approximate surface area is 189 Å². The topological polar surface area (TPSA) is 102 Å². The average molecular weight is 449 g/mol. The molecule has 178 valence electrons. The standard InChI is InChI=1S/C25H36O7/c1-13(26)31-15-7-9-23(2)14(11-15)5-6-16-17(23)8-10-24(3)18(16)12-19-25(24,29)21(28)20(27)22(30-4)32-19/h5,15-20,22,27,29H,6-12H2,1-4H3/t15-,16?,17?,18?,19?,20-,22-,23-,24-,25-/m0/s1. The van der Waals surface area contributed by atoms with Gasteiger partial charge in [-0.2, -0.15) is 0 Å². The van der Waals surface area contributed by atoms with Crippen LogP contribution in [0.2, 0.25) is 0 Å². The second kappa shape index (κ2) is 7.36. The monoisotopic (exact) mass is 448 g/mol. The molecule has 2 N–H and O–H groups in total. The van der Waals surface area contributed by atoms with Crippen LogP contribution in [-0.4, -0.2) is 59.3 Å². The highest BCUT2D eigenvalue weighted by Gasteiger charge is 2.73. The number of carbonyl (C=O) groups is 2. The molecule has 7 nitrogen and oxygen atoms in total. The molecule has 0 bridgehead atoms. The number of esters is 1. The van der Waals surface area contributed by atoms with E-state index in [0.717, 1.165) is 38.5 Å². The van der Waals surface area contributed by atoms with Crippen LogP contribution in [0.5, 0.6) is 0 Å². The van der Waals surface area contributed by atoms with Gasteiger partial charge in [-0.25, -0.2) is 0 Å². The van der Waals surface area contributed by atoms with Crippen LogP contribution < -0.4 is 0 Å². The number of allylic oxidation sites excluding steroid dienone is 1. The minimum Gasteiger partial charge on any atom is -0.462 e. The fourth-order valence-electron chi connectivity index (χ4n) is 8.32. The fraction of sp³-hybridized carbons (Fsp3) is 0.840. The highest BCUT2D eigenvalue weighted by Crippen LogP contribution is 2.68. The molecule has 7 heteroatoms. The quantitative estimate of drug-likeness (QED) is 0.494. The van der Waals surface area contributed by atoms with Crippen LogP contribution in [0.25, 0.3) is 0 Å². The smallest absolute Gasteiger partial charge is 0.302 e. The van der Waals surface area contributed by atoms with Crippen molar-refractivity contribution in [2.45, 2.75) is 95.9 Å². The van der Waals surface area contributed by atoms with Crippen molar-refractivity contribution in [2.75, 3.05) is 7.11 Å². The number of carbonyl (C=O) groups excluding carboxylic acids is 2. The summed E-state index contributed by atoms with van der Waals surface area (Å²) in [7, 11) is 1.41. The van der Waals surface area contributed by atoms with Crippen molar-refractivity contribution in [3.8, 4) is 0 Å². The maximum atomic E-state index is 13.2. The first kappa shape index (κ1) is 22.5. The summed E-state index contributed by atoms with van der Waals surface area (Å²) in [5.41, 5.74) is -0.867. The zero-order chi connectivity index (χ0) is 23.1. The van der Waals surface area contributed by atoms with E-state index in [0.29, 0.717) is 18.3 Å². The summed E-state index contributed by atoms with van der Waals surface area (Å²) in [6.45, 7) is 5.85. The van der Waals surface area contributed by atoms with Gasteiger partial charge in [0.1, 0.15) is 6.10 Å². The zero-order valence-electron chi connectivity index (χ0n) is 19.5. The molecule has 4 fully saturated rings. The number of hydrogen-bond donors (Lipinski definition) is 2. The van der Waals surface area contributed by atoms with Gasteiger partial charge < -0.3 is 24.4 Å². The molecule has 4 aliphatic carbocycles. The Morgan fingerprint density at radius 2 is 1.97 bits per heavy atom. The summed E-state index contributed by atoms with van der Waals surface area (Å²) in [6, 6.07) is 0. The Morgan fingerprint density at radius 1 is 1.22 bits per heavy atom. The number of hydrogen-bond acceptors (Lipinski definition) is 7. The largest absolute Gasteiger partial charge is 0.462 e. The molecule has 5 rings (SSSR count). The van der Waals surface area contributed by atoms with Gasteiger partial charge in [0.15, 0.2) is 18.0 Å². The molecule has 0 radical (unpaired) electrons. The van der Waals surface area contributed by atoms with Crippen LogP contribution in [-0.2, 0) is 23.8 Å². The maximum Gasteiger partial charge on any atom is 0.302 e. The van der Waals surface area contributed by atoms with Crippen LogP contribution in [0.1, 0.15) is 65.7 Å². The summed E-state index contributed by atoms with van der Waals surface area (Å²) >= 11 is 0. The van der Waals surface area contributed by atoms with E-state index in [1.54, 1.807) is 0 Å². The van der Waals surface area contributed by atoms with Crippen molar-refractivity contribution in [2.24, 2.45) is 28.6 Å². The Hall–Kier alpha value is -1.28. The highest BCUT2D eigenvalue weighted by molar-refractivity contribution is 5.94. The van der Waals surface area contributed by atoms with E-state index in [9.17, 15) is 19.8 Å². The van der Waals surface area contributed by atoms with Gasteiger partial charge in [-0.15, -0.1) is 0 Å². The predicted molar refractivity (Wildman–Crippen MR) is 114 cm³/mol. The zero-order valence-corrected chi connectivity index (χ0v) is 19.5. The number of ketones is 1. The molecular formula is C25H36O7. The van der Waals surface area contributed by atoms with E-state index >= 15 is 0 Å². The molecule has 0 aromatic carbocycles. The SMILES string of the molecule is CO[C@H]1OC2CC3C4CC=C5C[C@@H](OC(C)=O)CC[C@]5(C)C4CC[C@]3(C)[C@@]2(O)C(=O)[C@@H]1O. The Bertz CT molecular complexity index is 853. The first-order chi connectivity index (χ1) is 15.1. The fourth-order valence-corrected chi connectivity index (χ4v) is 8.32. The number of rotatable bonds is 2. The van der Waals surface area contributed by atoms with E-state index in [-0.39, 0.29) is 23.4 Å². The van der Waals surface area contributed by atoms with Crippen molar-refractivity contribution in [3.05, 3.63) is 11.6 Å². The second-order valence-electron chi connectivity index (χ2n) is 11.2. The summed E-state index contributed by atoms with van der Waals surface area (Å²) < 4.78 is 16.7. The normalized spacial score (nSPS) is 52.2. The molecule has 32 heavy (non-hydrogen) atoms. The van der Waals surface area contributed by atoms with Gasteiger partial charge in [-0.1, -0.05) is 25.5 Å². The van der Waals surface area contributed by atoms with Gasteiger partial charge in [0.05, 0.1) is 6.10 Å². The summed E-state index contributed by atoms with van der Waals surface area (Å²) in [6.07, 6.45) is 4.95. The molecule has 5 aliphatic rings. The van der Waals surface area contributed by atoms with Crippen LogP contribution in [0.3, 0.4) is 0 Å². The molecule has 0 aromatic heterocycles. The lowest BCUT2D eigenvalue weighted by Gasteiger charge is -2.59. The molecule has 0 amide bonds. The van der Waals surface area contributed by atoms with Gasteiger partial charge in [0, 0.05) is 25.9 Å². The van der Waals surface area contributed by atoms with Gasteiger partial charge in [-0.3, -0.25) is 9.59 Å². The number of ether oxygens (including phenoxy) is 3. The van der Waals surface area contributed by atoms with E-state index < -0.39 is 35.3 Å². The summed E-state index contributed by atoms with van der Waals surface area (Å²) in [4.78, 5) is 24.7. The predicted octanol–water partition coefficient (Wildman–Crippen LogP) is 2.52. The van der Waals surface area contributed by atoms with Crippen molar-refractivity contribution < 1.29 is 34.0 Å². The number of aliphatic hydroxyl groups is 2. The molecule has 0 aromatic rings. The van der Waals surface area contributed by atoms with Crippen molar-refractivity contribution in [1.82, 2.24) is 0 Å². The number of aliphatic hydroxyl groups excluding tert-OH is 1. The van der Waals surface area contributed by atoms with Crippen LogP contribution in [0.15, 0.2) is 11.6 Å². The lowest BCUT2D eigenvalue weighted by molar-refractivity contribution is -0.271.